The number of hydrogen-bond acceptors (Lipinski definition) is 4. The van der Waals surface area contributed by atoms with Crippen molar-refractivity contribution in [2.24, 2.45) is 5.92 Å². The molecule has 0 aromatic heterocycles. The summed E-state index contributed by atoms with van der Waals surface area (Å²) in [6.45, 7) is 19.0. The Hall–Kier alpha value is -1.17. The van der Waals surface area contributed by atoms with Crippen LogP contribution in [0.2, 0.25) is 19.6 Å². The number of benzene rings is 1. The Labute approximate surface area is 160 Å². The van der Waals surface area contributed by atoms with Crippen LogP contribution in [-0.2, 0) is 14.4 Å². The van der Waals surface area contributed by atoms with Gasteiger partial charge in [0.05, 0.1) is 20.3 Å². The van der Waals surface area contributed by atoms with Gasteiger partial charge in [0.15, 0.2) is 6.10 Å². The van der Waals surface area contributed by atoms with Gasteiger partial charge in [-0.1, -0.05) is 63.8 Å². The van der Waals surface area contributed by atoms with Crippen molar-refractivity contribution in [2.45, 2.75) is 78.9 Å². The normalized spacial score (nSPS) is 15.2. The molecule has 0 bridgehead atoms. The molecular formula is C21H37NO3Si. The summed E-state index contributed by atoms with van der Waals surface area (Å²) in [7, 11) is -1.45. The molecule has 2 atom stereocenters. The molecule has 148 valence electrons. The highest BCUT2D eigenvalue weighted by atomic mass is 28.3. The molecule has 0 aliphatic carbocycles. The van der Waals surface area contributed by atoms with Gasteiger partial charge in [-0.05, 0) is 39.2 Å². The standard InChI is InChI=1S/C21H37NO3Si/c1-16(2)19(18-13-11-10-12-14-18)22(21(4,5)6)25-17(3)20(23)24-15-26(7,8)9/h10-14,16-17,19H,15H2,1-9H3. The zero-order valence-corrected chi connectivity index (χ0v) is 19.0. The van der Waals surface area contributed by atoms with Crippen LogP contribution in [0.4, 0.5) is 0 Å². The Kier molecular flexibility index (Phi) is 8.05. The fraction of sp³-hybridized carbons (Fsp3) is 0.667. The van der Waals surface area contributed by atoms with E-state index in [2.05, 4.69) is 66.4 Å². The SMILES string of the molecule is CC(ON(C(c1ccccc1)C(C)C)C(C)(C)C)C(=O)OC[Si](C)(C)C. The summed E-state index contributed by atoms with van der Waals surface area (Å²) in [6, 6.07) is 10.4. The average Bonchev–Trinajstić information content (AvgIpc) is 2.50. The van der Waals surface area contributed by atoms with Crippen LogP contribution < -0.4 is 0 Å². The van der Waals surface area contributed by atoms with Crippen molar-refractivity contribution in [3.8, 4) is 0 Å². The summed E-state index contributed by atoms with van der Waals surface area (Å²) in [5, 5.41) is 1.97. The monoisotopic (exact) mass is 379 g/mol. The summed E-state index contributed by atoms with van der Waals surface area (Å²) in [4.78, 5) is 18.6. The van der Waals surface area contributed by atoms with Gasteiger partial charge in [-0.3, -0.25) is 4.84 Å². The molecule has 0 saturated heterocycles. The van der Waals surface area contributed by atoms with E-state index in [1.165, 1.54) is 5.56 Å². The lowest BCUT2D eigenvalue weighted by Gasteiger charge is -2.43. The molecule has 0 saturated carbocycles. The molecule has 0 amide bonds. The summed E-state index contributed by atoms with van der Waals surface area (Å²) in [6.07, 6.45) is -0.128. The molecule has 1 aromatic carbocycles. The number of carbonyl (C=O) groups is 1. The maximum atomic E-state index is 12.4. The van der Waals surface area contributed by atoms with Crippen LogP contribution in [0.3, 0.4) is 0 Å². The Morgan fingerprint density at radius 3 is 2.04 bits per heavy atom. The maximum absolute atomic E-state index is 12.4. The van der Waals surface area contributed by atoms with E-state index in [1.807, 2.05) is 23.3 Å². The predicted octanol–water partition coefficient (Wildman–Crippen LogP) is 5.22. The van der Waals surface area contributed by atoms with E-state index in [1.54, 1.807) is 6.92 Å². The van der Waals surface area contributed by atoms with Crippen molar-refractivity contribution in [2.75, 3.05) is 6.23 Å². The van der Waals surface area contributed by atoms with E-state index in [-0.39, 0.29) is 17.6 Å². The molecule has 0 N–H and O–H groups in total. The highest BCUT2D eigenvalue weighted by Gasteiger charge is 2.36. The first-order valence-electron chi connectivity index (χ1n) is 9.50. The molecule has 0 radical (unpaired) electrons. The van der Waals surface area contributed by atoms with Crippen molar-refractivity contribution < 1.29 is 14.4 Å². The molecule has 2 unspecified atom stereocenters. The molecule has 4 nitrogen and oxygen atoms in total. The molecule has 26 heavy (non-hydrogen) atoms. The van der Waals surface area contributed by atoms with E-state index in [0.29, 0.717) is 12.1 Å². The fourth-order valence-electron chi connectivity index (χ4n) is 2.70. The van der Waals surface area contributed by atoms with Crippen molar-refractivity contribution in [3.63, 3.8) is 0 Å². The predicted molar refractivity (Wildman–Crippen MR) is 110 cm³/mol. The second kappa shape index (κ2) is 9.15. The average molecular weight is 380 g/mol. The van der Waals surface area contributed by atoms with Gasteiger partial charge in [-0.2, -0.15) is 5.06 Å². The molecule has 1 aromatic rings. The van der Waals surface area contributed by atoms with Gasteiger partial charge in [0.25, 0.3) is 0 Å². The number of hydrogen-bond donors (Lipinski definition) is 0. The number of rotatable bonds is 8. The quantitative estimate of drug-likeness (QED) is 0.352. The third kappa shape index (κ3) is 7.21. The Balaban J connectivity index is 3.01. The Morgan fingerprint density at radius 1 is 1.08 bits per heavy atom. The molecule has 0 fully saturated rings. The van der Waals surface area contributed by atoms with Crippen LogP contribution in [0.25, 0.3) is 0 Å². The van der Waals surface area contributed by atoms with Crippen LogP contribution >= 0.6 is 0 Å². The van der Waals surface area contributed by atoms with Gasteiger partial charge in [0.2, 0.25) is 0 Å². The molecule has 1 rings (SSSR count). The summed E-state index contributed by atoms with van der Waals surface area (Å²) in [5.74, 6) is 0.0269. The van der Waals surface area contributed by atoms with Gasteiger partial charge in [0, 0.05) is 5.54 Å². The largest absolute Gasteiger partial charge is 0.468 e. The summed E-state index contributed by atoms with van der Waals surface area (Å²) >= 11 is 0. The number of carbonyl (C=O) groups excluding carboxylic acids is 1. The number of esters is 1. The highest BCUT2D eigenvalue weighted by Crippen LogP contribution is 2.35. The van der Waals surface area contributed by atoms with E-state index >= 15 is 0 Å². The van der Waals surface area contributed by atoms with Crippen LogP contribution in [0.5, 0.6) is 0 Å². The minimum Gasteiger partial charge on any atom is -0.468 e. The van der Waals surface area contributed by atoms with Crippen molar-refractivity contribution in [1.82, 2.24) is 5.06 Å². The lowest BCUT2D eigenvalue weighted by atomic mass is 9.92. The molecule has 0 aliphatic heterocycles. The minimum atomic E-state index is -1.45. The molecule has 0 aliphatic rings. The van der Waals surface area contributed by atoms with Crippen LogP contribution in [0, 0.1) is 5.92 Å². The lowest BCUT2D eigenvalue weighted by molar-refractivity contribution is -0.270. The van der Waals surface area contributed by atoms with Gasteiger partial charge in [0.1, 0.15) is 0 Å². The second-order valence-electron chi connectivity index (χ2n) is 9.51. The van der Waals surface area contributed by atoms with Gasteiger partial charge >= 0.3 is 5.97 Å². The number of nitrogens with zero attached hydrogens (tertiary/aromatic N) is 1. The van der Waals surface area contributed by atoms with Crippen LogP contribution in [-0.4, -0.2) is 37.0 Å². The highest BCUT2D eigenvalue weighted by molar-refractivity contribution is 6.76. The first-order chi connectivity index (χ1) is 11.8. The van der Waals surface area contributed by atoms with Gasteiger partial charge in [-0.15, -0.1) is 0 Å². The topological polar surface area (TPSA) is 38.8 Å². The summed E-state index contributed by atoms with van der Waals surface area (Å²) < 4.78 is 5.50. The smallest absolute Gasteiger partial charge is 0.336 e. The van der Waals surface area contributed by atoms with Crippen molar-refractivity contribution in [3.05, 3.63) is 35.9 Å². The third-order valence-corrected chi connectivity index (χ3v) is 4.95. The third-order valence-electron chi connectivity index (χ3n) is 3.94. The molecule has 0 heterocycles. The van der Waals surface area contributed by atoms with E-state index in [9.17, 15) is 4.79 Å². The molecular weight excluding hydrogens is 342 g/mol. The Bertz CT molecular complexity index is 561. The van der Waals surface area contributed by atoms with Gasteiger partial charge in [-0.25, -0.2) is 4.79 Å². The Morgan fingerprint density at radius 2 is 1.62 bits per heavy atom. The molecule has 5 heteroatoms. The van der Waals surface area contributed by atoms with Crippen LogP contribution in [0.1, 0.15) is 53.1 Å². The van der Waals surface area contributed by atoms with Crippen molar-refractivity contribution in [1.29, 1.82) is 0 Å². The first kappa shape index (κ1) is 22.9. The fourth-order valence-corrected chi connectivity index (χ4v) is 3.28. The van der Waals surface area contributed by atoms with E-state index in [4.69, 9.17) is 9.57 Å². The second-order valence-corrected chi connectivity index (χ2v) is 14.9. The van der Waals surface area contributed by atoms with E-state index in [0.717, 1.165) is 0 Å². The molecule has 0 spiro atoms. The van der Waals surface area contributed by atoms with Crippen LogP contribution in [0.15, 0.2) is 30.3 Å². The van der Waals surface area contributed by atoms with Gasteiger partial charge < -0.3 is 4.74 Å². The zero-order valence-electron chi connectivity index (χ0n) is 18.0. The maximum Gasteiger partial charge on any atom is 0.336 e. The summed E-state index contributed by atoms with van der Waals surface area (Å²) in [5.41, 5.74) is 0.915. The number of hydroxylamine groups is 2. The van der Waals surface area contributed by atoms with E-state index < -0.39 is 14.2 Å². The minimum absolute atomic E-state index is 0.0449. The number of ether oxygens (including phenoxy) is 1. The zero-order chi connectivity index (χ0) is 20.1. The first-order valence-corrected chi connectivity index (χ1v) is 13.2. The van der Waals surface area contributed by atoms with Crippen molar-refractivity contribution >= 4 is 14.0 Å². The lowest BCUT2D eigenvalue weighted by Crippen LogP contribution is -2.48.